The number of carbonyl (C=O) groups is 3. The first-order valence-corrected chi connectivity index (χ1v) is 13.5. The number of rotatable bonds is 12. The number of Topliss-reactive ketones (excluding diaryl/α,β-unsaturated/α-hetero) is 1. The van der Waals surface area contributed by atoms with Gasteiger partial charge >= 0.3 is 18.3 Å². The highest BCUT2D eigenvalue weighted by atomic mass is 127. The summed E-state index contributed by atoms with van der Waals surface area (Å²) in [5, 5.41) is 9.04. The number of hydrogen-bond donors (Lipinski definition) is 1. The number of carboxylic acids is 1. The Morgan fingerprint density at radius 1 is 1.11 bits per heavy atom. The highest BCUT2D eigenvalue weighted by Crippen LogP contribution is 2.36. The van der Waals surface area contributed by atoms with Gasteiger partial charge in [0.1, 0.15) is 18.5 Å². The van der Waals surface area contributed by atoms with Crippen LogP contribution in [0.2, 0.25) is 0 Å². The summed E-state index contributed by atoms with van der Waals surface area (Å²) in [6.45, 7) is 13.4. The van der Waals surface area contributed by atoms with Gasteiger partial charge < -0.3 is 14.6 Å². The summed E-state index contributed by atoms with van der Waals surface area (Å²) in [7, 11) is 0. The predicted molar refractivity (Wildman–Crippen MR) is 148 cm³/mol. The molecule has 0 aromatic rings. The maximum absolute atomic E-state index is 13.1. The van der Waals surface area contributed by atoms with Crippen molar-refractivity contribution in [2.45, 2.75) is 76.9 Å². The lowest BCUT2D eigenvalue weighted by molar-refractivity contribution is -0.143. The molecule has 0 fully saturated rings. The van der Waals surface area contributed by atoms with Crippen molar-refractivity contribution in [1.82, 2.24) is 0 Å². The fourth-order valence-corrected chi connectivity index (χ4v) is 3.79. The first-order valence-electron chi connectivity index (χ1n) is 11.3. The van der Waals surface area contributed by atoms with Gasteiger partial charge in [-0.15, -0.1) is 6.58 Å². The number of halogens is 7. The van der Waals surface area contributed by atoms with Crippen LogP contribution in [0, 0.1) is 23.2 Å². The Morgan fingerprint density at radius 3 is 1.97 bits per heavy atom. The zero-order chi connectivity index (χ0) is 29.8. The molecule has 1 N–H and O–H groups in total. The molecule has 0 aliphatic heterocycles. The second-order valence-electron chi connectivity index (χ2n) is 9.07. The molecule has 0 radical (unpaired) electrons. The van der Waals surface area contributed by atoms with Gasteiger partial charge in [0.05, 0.1) is 9.50 Å². The number of alkyl halides is 6. The number of ether oxygens (including phenoxy) is 2. The van der Waals surface area contributed by atoms with Crippen LogP contribution < -0.4 is 0 Å². The summed E-state index contributed by atoms with van der Waals surface area (Å²) in [4.78, 5) is 36.2. The molecule has 0 saturated carbocycles. The highest BCUT2D eigenvalue weighted by molar-refractivity contribution is 14.1. The lowest BCUT2D eigenvalue weighted by atomic mass is 9.69. The standard InChI is InChI=1S/C19H29Cl3O6.C5H6F3I/c1-7-8-11(2)15(28-17(26)27-10-19(20,21)22)13(4)16(25)18(5,6)12(3)9-14(23)24;1-2-3-4(9)5(6,7)8/h7,11-13,15H,1,8-10H2,2-6H3,(H,23,24);3H,2H2,1H3/b;4-3-/t11-,12-,13+,15-;/m0./s1. The van der Waals surface area contributed by atoms with Gasteiger partial charge in [-0.25, -0.2) is 4.79 Å². The number of carboxylic acid groups (broad SMARTS) is 1. The monoisotopic (exact) mass is 708 g/mol. The topological polar surface area (TPSA) is 89.9 Å². The molecule has 0 rings (SSSR count). The molecule has 13 heteroatoms. The summed E-state index contributed by atoms with van der Waals surface area (Å²) in [5.74, 6) is -2.55. The van der Waals surface area contributed by atoms with Crippen molar-refractivity contribution < 1.29 is 42.1 Å². The van der Waals surface area contributed by atoms with Crippen LogP contribution in [0.5, 0.6) is 0 Å². The minimum Gasteiger partial charge on any atom is -0.481 e. The number of hydrogen-bond acceptors (Lipinski definition) is 5. The first kappa shape index (κ1) is 38.4. The van der Waals surface area contributed by atoms with Gasteiger partial charge in [0.2, 0.25) is 3.79 Å². The molecule has 0 heterocycles. The van der Waals surface area contributed by atoms with E-state index in [-0.39, 0.29) is 18.1 Å². The van der Waals surface area contributed by atoms with Crippen molar-refractivity contribution in [2.24, 2.45) is 23.2 Å². The molecular formula is C24H35Cl3F3IO6. The van der Waals surface area contributed by atoms with Gasteiger partial charge in [-0.1, -0.05) is 88.5 Å². The van der Waals surface area contributed by atoms with Crippen LogP contribution >= 0.6 is 57.4 Å². The van der Waals surface area contributed by atoms with Crippen LogP contribution in [0.4, 0.5) is 18.0 Å². The van der Waals surface area contributed by atoms with E-state index in [0.29, 0.717) is 12.8 Å². The van der Waals surface area contributed by atoms with E-state index >= 15 is 0 Å². The molecular weight excluding hydrogens is 675 g/mol. The summed E-state index contributed by atoms with van der Waals surface area (Å²) in [6, 6.07) is 0. The number of aliphatic carboxylic acids is 1. The quantitative estimate of drug-likeness (QED) is 0.0944. The van der Waals surface area contributed by atoms with Crippen LogP contribution in [-0.2, 0) is 19.1 Å². The molecule has 0 aliphatic carbocycles. The molecule has 0 spiro atoms. The minimum atomic E-state index is -4.14. The molecule has 0 saturated heterocycles. The van der Waals surface area contributed by atoms with E-state index < -0.39 is 55.6 Å². The van der Waals surface area contributed by atoms with E-state index in [9.17, 15) is 27.6 Å². The van der Waals surface area contributed by atoms with Gasteiger partial charge in [-0.3, -0.25) is 9.59 Å². The fourth-order valence-electron chi connectivity index (χ4n) is 3.18. The molecule has 216 valence electrons. The Hall–Kier alpha value is -0.720. The molecule has 4 atom stereocenters. The van der Waals surface area contributed by atoms with Crippen molar-refractivity contribution >= 4 is 75.3 Å². The largest absolute Gasteiger partial charge is 0.508 e. The van der Waals surface area contributed by atoms with Crippen LogP contribution in [0.25, 0.3) is 0 Å². The smallest absolute Gasteiger partial charge is 0.481 e. The Bertz CT molecular complexity index is 798. The summed E-state index contributed by atoms with van der Waals surface area (Å²) in [6.07, 6.45) is -2.43. The zero-order valence-corrected chi connectivity index (χ0v) is 26.1. The van der Waals surface area contributed by atoms with E-state index in [4.69, 9.17) is 49.4 Å². The first-order chi connectivity index (χ1) is 16.6. The van der Waals surface area contributed by atoms with E-state index in [1.165, 1.54) is 22.6 Å². The Morgan fingerprint density at radius 2 is 1.62 bits per heavy atom. The molecule has 0 aliphatic rings. The lowest BCUT2D eigenvalue weighted by Crippen LogP contribution is -2.44. The SMILES string of the molecule is C=CC[C@H](C)[C@H](OC(=O)OCC(Cl)(Cl)Cl)[C@@H](C)C(=O)C(C)(C)[C@@H](C)CC(=O)O.CC/C=C(\I)C(F)(F)F. The van der Waals surface area contributed by atoms with E-state index in [1.54, 1.807) is 40.7 Å². The summed E-state index contributed by atoms with van der Waals surface area (Å²) >= 11 is 18.0. The normalized spacial score (nSPS) is 15.9. The maximum Gasteiger partial charge on any atom is 0.508 e. The third-order valence-corrected chi connectivity index (χ3v) is 6.97. The molecule has 0 aromatic heterocycles. The van der Waals surface area contributed by atoms with Crippen molar-refractivity contribution in [3.05, 3.63) is 22.3 Å². The Balaban J connectivity index is 0. The third-order valence-electron chi connectivity index (χ3n) is 5.59. The van der Waals surface area contributed by atoms with Gasteiger partial charge in [-0.05, 0) is 47.3 Å². The predicted octanol–water partition coefficient (Wildman–Crippen LogP) is 8.71. The van der Waals surface area contributed by atoms with Crippen LogP contribution in [0.1, 0.15) is 60.8 Å². The second kappa shape index (κ2) is 17.1. The second-order valence-corrected chi connectivity index (χ2v) is 12.7. The molecule has 6 nitrogen and oxygen atoms in total. The highest BCUT2D eigenvalue weighted by Gasteiger charge is 2.42. The zero-order valence-electron chi connectivity index (χ0n) is 21.6. The van der Waals surface area contributed by atoms with Crippen LogP contribution in [0.3, 0.4) is 0 Å². The lowest BCUT2D eigenvalue weighted by Gasteiger charge is -2.36. The minimum absolute atomic E-state index is 0.148. The third kappa shape index (κ3) is 16.1. The number of ketones is 1. The van der Waals surface area contributed by atoms with E-state index in [2.05, 4.69) is 6.58 Å². The van der Waals surface area contributed by atoms with Crippen molar-refractivity contribution in [3.63, 3.8) is 0 Å². The molecule has 37 heavy (non-hydrogen) atoms. The number of carbonyl (C=O) groups excluding carboxylic acids is 2. The van der Waals surface area contributed by atoms with Crippen molar-refractivity contribution in [2.75, 3.05) is 6.61 Å². The van der Waals surface area contributed by atoms with E-state index in [1.807, 2.05) is 6.92 Å². The molecule has 0 aromatic carbocycles. The molecule has 0 bridgehead atoms. The average molecular weight is 710 g/mol. The van der Waals surface area contributed by atoms with Gasteiger partial charge in [0.25, 0.3) is 0 Å². The van der Waals surface area contributed by atoms with Gasteiger partial charge in [0, 0.05) is 11.8 Å². The fraction of sp³-hybridized carbons (Fsp3) is 0.708. The molecule has 0 amide bonds. The van der Waals surface area contributed by atoms with Crippen molar-refractivity contribution in [1.29, 1.82) is 0 Å². The van der Waals surface area contributed by atoms with Gasteiger partial charge in [0.15, 0.2) is 0 Å². The Kier molecular flexibility index (Phi) is 17.7. The summed E-state index contributed by atoms with van der Waals surface area (Å²) < 4.78 is 42.5. The van der Waals surface area contributed by atoms with Crippen LogP contribution in [-0.4, -0.2) is 45.7 Å². The van der Waals surface area contributed by atoms with Crippen LogP contribution in [0.15, 0.2) is 22.3 Å². The molecule has 0 unspecified atom stereocenters. The average Bonchev–Trinajstić information content (AvgIpc) is 2.74. The van der Waals surface area contributed by atoms with Crippen molar-refractivity contribution in [3.8, 4) is 0 Å². The summed E-state index contributed by atoms with van der Waals surface area (Å²) in [5.41, 5.74) is -0.936. The number of allylic oxidation sites excluding steroid dienone is 3. The maximum atomic E-state index is 13.1. The Labute approximate surface area is 245 Å². The van der Waals surface area contributed by atoms with E-state index in [0.717, 1.165) is 6.08 Å². The van der Waals surface area contributed by atoms with Gasteiger partial charge in [-0.2, -0.15) is 13.2 Å².